The fourth-order valence-electron chi connectivity index (χ4n) is 2.39. The first-order valence-corrected chi connectivity index (χ1v) is 6.65. The van der Waals surface area contributed by atoms with Crippen molar-refractivity contribution >= 4 is 5.78 Å². The van der Waals surface area contributed by atoms with Crippen molar-refractivity contribution in [2.75, 3.05) is 33.9 Å². The van der Waals surface area contributed by atoms with E-state index in [9.17, 15) is 4.79 Å². The van der Waals surface area contributed by atoms with Gasteiger partial charge < -0.3 is 9.47 Å². The minimum atomic E-state index is 0.148. The summed E-state index contributed by atoms with van der Waals surface area (Å²) in [5.41, 5.74) is 0.716. The molecule has 104 valence electrons. The molecule has 1 aliphatic heterocycles. The first-order chi connectivity index (χ1) is 9.22. The lowest BCUT2D eigenvalue weighted by molar-refractivity contribution is 0.0401. The van der Waals surface area contributed by atoms with Crippen molar-refractivity contribution in [1.82, 2.24) is 4.90 Å². The minimum absolute atomic E-state index is 0.148. The molecule has 0 spiro atoms. The SMILES string of the molecule is COc1cccc(C(=O)CN2CCC(OC)CC2)c1. The van der Waals surface area contributed by atoms with Gasteiger partial charge in [-0.3, -0.25) is 9.69 Å². The number of hydrogen-bond acceptors (Lipinski definition) is 4. The van der Waals surface area contributed by atoms with E-state index in [-0.39, 0.29) is 5.78 Å². The van der Waals surface area contributed by atoms with Crippen LogP contribution in [-0.2, 0) is 4.74 Å². The molecule has 0 saturated carbocycles. The Kier molecular flexibility index (Phi) is 4.93. The molecule has 1 aromatic carbocycles. The Morgan fingerprint density at radius 1 is 1.32 bits per heavy atom. The summed E-state index contributed by atoms with van der Waals surface area (Å²) in [6.07, 6.45) is 2.35. The summed E-state index contributed by atoms with van der Waals surface area (Å²) < 4.78 is 10.5. The van der Waals surface area contributed by atoms with Gasteiger partial charge in [-0.1, -0.05) is 12.1 Å². The van der Waals surface area contributed by atoms with E-state index in [0.29, 0.717) is 18.2 Å². The van der Waals surface area contributed by atoms with Crippen molar-refractivity contribution in [3.8, 4) is 5.75 Å². The average Bonchev–Trinajstić information content (AvgIpc) is 2.48. The van der Waals surface area contributed by atoms with Gasteiger partial charge in [0.1, 0.15) is 5.75 Å². The number of piperidine rings is 1. The van der Waals surface area contributed by atoms with Crippen LogP contribution in [0.25, 0.3) is 0 Å². The highest BCUT2D eigenvalue weighted by Crippen LogP contribution is 2.16. The molecule has 19 heavy (non-hydrogen) atoms. The zero-order chi connectivity index (χ0) is 13.7. The van der Waals surface area contributed by atoms with Crippen LogP contribution in [0.15, 0.2) is 24.3 Å². The molecular formula is C15H21NO3. The van der Waals surface area contributed by atoms with Gasteiger partial charge in [0.25, 0.3) is 0 Å². The second-order valence-corrected chi connectivity index (χ2v) is 4.87. The Balaban J connectivity index is 1.90. The Labute approximate surface area is 114 Å². The van der Waals surface area contributed by atoms with Crippen LogP contribution in [-0.4, -0.2) is 50.6 Å². The first kappa shape index (κ1) is 14.0. The molecule has 1 heterocycles. The maximum Gasteiger partial charge on any atom is 0.176 e. The van der Waals surface area contributed by atoms with Crippen LogP contribution < -0.4 is 4.74 Å². The highest BCUT2D eigenvalue weighted by atomic mass is 16.5. The minimum Gasteiger partial charge on any atom is -0.497 e. The van der Waals surface area contributed by atoms with Gasteiger partial charge in [-0.25, -0.2) is 0 Å². The predicted molar refractivity (Wildman–Crippen MR) is 73.8 cm³/mol. The van der Waals surface area contributed by atoms with Gasteiger partial charge in [0.15, 0.2) is 5.78 Å². The third-order valence-corrected chi connectivity index (χ3v) is 3.63. The lowest BCUT2D eigenvalue weighted by atomic mass is 10.1. The second-order valence-electron chi connectivity index (χ2n) is 4.87. The van der Waals surface area contributed by atoms with E-state index >= 15 is 0 Å². The van der Waals surface area contributed by atoms with Crippen LogP contribution in [0.5, 0.6) is 5.75 Å². The fourth-order valence-corrected chi connectivity index (χ4v) is 2.39. The Hall–Kier alpha value is -1.39. The lowest BCUT2D eigenvalue weighted by Crippen LogP contribution is -2.39. The molecule has 0 aromatic heterocycles. The normalized spacial score (nSPS) is 17.4. The van der Waals surface area contributed by atoms with Gasteiger partial charge in [0.2, 0.25) is 0 Å². The molecule has 1 fully saturated rings. The monoisotopic (exact) mass is 263 g/mol. The molecule has 1 aromatic rings. The largest absolute Gasteiger partial charge is 0.497 e. The number of ether oxygens (including phenoxy) is 2. The molecule has 0 aliphatic carbocycles. The summed E-state index contributed by atoms with van der Waals surface area (Å²) in [6, 6.07) is 7.33. The number of Topliss-reactive ketones (excluding diaryl/α,β-unsaturated/α-hetero) is 1. The molecule has 2 rings (SSSR count). The summed E-state index contributed by atoms with van der Waals surface area (Å²) in [6.45, 7) is 2.33. The molecule has 4 nitrogen and oxygen atoms in total. The van der Waals surface area contributed by atoms with Crippen LogP contribution >= 0.6 is 0 Å². The van der Waals surface area contributed by atoms with E-state index in [2.05, 4.69) is 4.90 Å². The van der Waals surface area contributed by atoms with Crippen LogP contribution in [0.3, 0.4) is 0 Å². The number of hydrogen-bond donors (Lipinski definition) is 0. The number of benzene rings is 1. The molecule has 0 radical (unpaired) electrons. The van der Waals surface area contributed by atoms with Gasteiger partial charge in [-0.05, 0) is 25.0 Å². The quantitative estimate of drug-likeness (QED) is 0.762. The van der Waals surface area contributed by atoms with E-state index in [0.717, 1.165) is 31.7 Å². The van der Waals surface area contributed by atoms with Gasteiger partial charge >= 0.3 is 0 Å². The first-order valence-electron chi connectivity index (χ1n) is 6.65. The van der Waals surface area contributed by atoms with Crippen molar-refractivity contribution in [3.63, 3.8) is 0 Å². The summed E-state index contributed by atoms with van der Waals surface area (Å²) in [4.78, 5) is 14.4. The van der Waals surface area contributed by atoms with Crippen molar-refractivity contribution in [2.45, 2.75) is 18.9 Å². The Bertz CT molecular complexity index is 425. The summed E-state index contributed by atoms with van der Waals surface area (Å²) in [7, 11) is 3.36. The fraction of sp³-hybridized carbons (Fsp3) is 0.533. The highest BCUT2D eigenvalue weighted by Gasteiger charge is 2.20. The van der Waals surface area contributed by atoms with Gasteiger partial charge in [-0.15, -0.1) is 0 Å². The van der Waals surface area contributed by atoms with Crippen molar-refractivity contribution < 1.29 is 14.3 Å². The number of ketones is 1. The molecule has 0 bridgehead atoms. The molecule has 1 aliphatic rings. The predicted octanol–water partition coefficient (Wildman–Crippen LogP) is 1.99. The number of rotatable bonds is 5. The molecule has 0 amide bonds. The Morgan fingerprint density at radius 3 is 2.68 bits per heavy atom. The third-order valence-electron chi connectivity index (χ3n) is 3.63. The topological polar surface area (TPSA) is 38.8 Å². The number of carbonyl (C=O) groups is 1. The highest BCUT2D eigenvalue weighted by molar-refractivity contribution is 5.97. The van der Waals surface area contributed by atoms with Crippen LogP contribution in [0, 0.1) is 0 Å². The van der Waals surface area contributed by atoms with Crippen LogP contribution in [0.2, 0.25) is 0 Å². The van der Waals surface area contributed by atoms with Crippen molar-refractivity contribution in [1.29, 1.82) is 0 Å². The van der Waals surface area contributed by atoms with E-state index in [1.807, 2.05) is 18.2 Å². The number of nitrogens with zero attached hydrogens (tertiary/aromatic N) is 1. The molecule has 0 atom stereocenters. The van der Waals surface area contributed by atoms with Crippen LogP contribution in [0.4, 0.5) is 0 Å². The third kappa shape index (κ3) is 3.78. The molecule has 0 N–H and O–H groups in total. The standard InChI is InChI=1S/C15H21NO3/c1-18-13-6-8-16(9-7-13)11-15(17)12-4-3-5-14(10-12)19-2/h3-5,10,13H,6-9,11H2,1-2H3. The van der Waals surface area contributed by atoms with E-state index < -0.39 is 0 Å². The van der Waals surface area contributed by atoms with Crippen molar-refractivity contribution in [2.24, 2.45) is 0 Å². The summed E-state index contributed by atoms with van der Waals surface area (Å²) >= 11 is 0. The van der Waals surface area contributed by atoms with Gasteiger partial charge in [0.05, 0.1) is 19.8 Å². The van der Waals surface area contributed by atoms with Gasteiger partial charge in [0, 0.05) is 25.8 Å². The molecular weight excluding hydrogens is 242 g/mol. The molecule has 0 unspecified atom stereocenters. The maximum absolute atomic E-state index is 12.2. The Morgan fingerprint density at radius 2 is 2.05 bits per heavy atom. The van der Waals surface area contributed by atoms with E-state index in [1.54, 1.807) is 20.3 Å². The maximum atomic E-state index is 12.2. The number of likely N-dealkylation sites (tertiary alicyclic amines) is 1. The smallest absolute Gasteiger partial charge is 0.176 e. The summed E-state index contributed by atoms with van der Waals surface area (Å²) in [5, 5.41) is 0. The second kappa shape index (κ2) is 6.68. The zero-order valence-corrected chi connectivity index (χ0v) is 11.6. The van der Waals surface area contributed by atoms with E-state index in [4.69, 9.17) is 9.47 Å². The lowest BCUT2D eigenvalue weighted by Gasteiger charge is -2.30. The zero-order valence-electron chi connectivity index (χ0n) is 11.6. The number of carbonyl (C=O) groups excluding carboxylic acids is 1. The van der Waals surface area contributed by atoms with Crippen molar-refractivity contribution in [3.05, 3.63) is 29.8 Å². The summed E-state index contributed by atoms with van der Waals surface area (Å²) in [5.74, 6) is 0.874. The van der Waals surface area contributed by atoms with E-state index in [1.165, 1.54) is 0 Å². The molecule has 4 heteroatoms. The molecule has 1 saturated heterocycles. The van der Waals surface area contributed by atoms with Crippen LogP contribution in [0.1, 0.15) is 23.2 Å². The van der Waals surface area contributed by atoms with Gasteiger partial charge in [-0.2, -0.15) is 0 Å². The average molecular weight is 263 g/mol. The number of methoxy groups -OCH3 is 2.